The average Bonchev–Trinajstić information content (AvgIpc) is 2.41. The van der Waals surface area contributed by atoms with E-state index in [2.05, 4.69) is 10.4 Å². The van der Waals surface area contributed by atoms with E-state index in [9.17, 15) is 8.78 Å². The number of hydrogen-bond donors (Lipinski definition) is 2. The van der Waals surface area contributed by atoms with E-state index in [1.807, 2.05) is 32.9 Å². The quantitative estimate of drug-likeness (QED) is 0.663. The Balaban J connectivity index is 2.45. The summed E-state index contributed by atoms with van der Waals surface area (Å²) in [6, 6.07) is 6.33. The zero-order chi connectivity index (χ0) is 15.6. The smallest absolute Gasteiger partial charge is 0.258 e. The van der Waals surface area contributed by atoms with Crippen LogP contribution < -0.4 is 16.0 Å². The van der Waals surface area contributed by atoms with Gasteiger partial charge in [-0.15, -0.1) is 0 Å². The molecule has 2 aromatic rings. The van der Waals surface area contributed by atoms with Gasteiger partial charge in [0.2, 0.25) is 0 Å². The van der Waals surface area contributed by atoms with E-state index in [0.717, 1.165) is 11.1 Å². The highest BCUT2D eigenvalue weighted by atomic mass is 19.1. The van der Waals surface area contributed by atoms with E-state index in [1.54, 1.807) is 6.07 Å². The molecule has 21 heavy (non-hydrogen) atoms. The number of halogens is 2. The SMILES string of the molecule is Cc1ccc(C(C)C)c(Oc2nc(NN)c(F)cc2F)c1. The Morgan fingerprint density at radius 3 is 2.52 bits per heavy atom. The number of ether oxygens (including phenoxy) is 1. The van der Waals surface area contributed by atoms with Crippen LogP contribution in [0.3, 0.4) is 0 Å². The first-order valence-electron chi connectivity index (χ1n) is 6.53. The Hall–Kier alpha value is -2.21. The van der Waals surface area contributed by atoms with Gasteiger partial charge in [-0.1, -0.05) is 26.0 Å². The lowest BCUT2D eigenvalue weighted by atomic mass is 10.0. The van der Waals surface area contributed by atoms with Crippen LogP contribution in [-0.2, 0) is 0 Å². The fourth-order valence-electron chi connectivity index (χ4n) is 1.93. The fraction of sp³-hybridized carbons (Fsp3) is 0.267. The Morgan fingerprint density at radius 2 is 1.90 bits per heavy atom. The molecule has 0 saturated heterocycles. The third-order valence-electron chi connectivity index (χ3n) is 3.03. The van der Waals surface area contributed by atoms with Crippen molar-refractivity contribution in [1.82, 2.24) is 4.98 Å². The van der Waals surface area contributed by atoms with Gasteiger partial charge in [-0.25, -0.2) is 14.6 Å². The maximum Gasteiger partial charge on any atom is 0.258 e. The second-order valence-corrected chi connectivity index (χ2v) is 5.05. The molecule has 0 bridgehead atoms. The number of anilines is 1. The van der Waals surface area contributed by atoms with Crippen LogP contribution in [0.15, 0.2) is 24.3 Å². The predicted octanol–water partition coefficient (Wildman–Crippen LogP) is 3.87. The van der Waals surface area contributed by atoms with Gasteiger partial charge in [-0.3, -0.25) is 0 Å². The summed E-state index contributed by atoms with van der Waals surface area (Å²) in [4.78, 5) is 3.71. The molecule has 1 heterocycles. The number of nitrogens with two attached hydrogens (primary N) is 1. The molecule has 0 radical (unpaired) electrons. The first-order valence-corrected chi connectivity index (χ1v) is 6.53. The normalized spacial score (nSPS) is 10.8. The van der Waals surface area contributed by atoms with Gasteiger partial charge in [-0.2, -0.15) is 4.98 Å². The molecule has 0 aliphatic carbocycles. The number of pyridine rings is 1. The molecule has 0 saturated carbocycles. The molecular formula is C15H17F2N3O. The van der Waals surface area contributed by atoms with Crippen LogP contribution in [0.4, 0.5) is 14.6 Å². The first kappa shape index (κ1) is 15.2. The van der Waals surface area contributed by atoms with Gasteiger partial charge >= 0.3 is 0 Å². The molecule has 0 aliphatic rings. The van der Waals surface area contributed by atoms with Gasteiger partial charge in [0.15, 0.2) is 17.5 Å². The molecule has 0 fully saturated rings. The molecule has 0 amide bonds. The minimum Gasteiger partial charge on any atom is -0.436 e. The zero-order valence-electron chi connectivity index (χ0n) is 12.1. The minimum absolute atomic E-state index is 0.191. The summed E-state index contributed by atoms with van der Waals surface area (Å²) in [5, 5.41) is 0. The van der Waals surface area contributed by atoms with Crippen molar-refractivity contribution in [3.63, 3.8) is 0 Å². The Labute approximate surface area is 121 Å². The van der Waals surface area contributed by atoms with Crippen LogP contribution in [0.1, 0.15) is 30.9 Å². The largest absolute Gasteiger partial charge is 0.436 e. The highest BCUT2D eigenvalue weighted by Gasteiger charge is 2.16. The van der Waals surface area contributed by atoms with Crippen molar-refractivity contribution < 1.29 is 13.5 Å². The van der Waals surface area contributed by atoms with Crippen LogP contribution in [0, 0.1) is 18.6 Å². The summed E-state index contributed by atoms with van der Waals surface area (Å²) in [5.74, 6) is 3.46. The molecule has 1 aromatic heterocycles. The van der Waals surface area contributed by atoms with Crippen molar-refractivity contribution in [2.24, 2.45) is 5.84 Å². The van der Waals surface area contributed by atoms with E-state index >= 15 is 0 Å². The maximum atomic E-state index is 13.8. The van der Waals surface area contributed by atoms with Gasteiger partial charge in [0.05, 0.1) is 0 Å². The van der Waals surface area contributed by atoms with Crippen LogP contribution in [0.25, 0.3) is 0 Å². The average molecular weight is 293 g/mol. The number of nitrogen functional groups attached to an aromatic ring is 1. The Morgan fingerprint density at radius 1 is 1.19 bits per heavy atom. The molecule has 4 nitrogen and oxygen atoms in total. The number of nitrogens with one attached hydrogen (secondary N) is 1. The van der Waals surface area contributed by atoms with Gasteiger partial charge in [-0.05, 0) is 30.0 Å². The Bertz CT molecular complexity index is 660. The van der Waals surface area contributed by atoms with E-state index in [0.29, 0.717) is 11.8 Å². The minimum atomic E-state index is -0.886. The summed E-state index contributed by atoms with van der Waals surface area (Å²) < 4.78 is 32.7. The van der Waals surface area contributed by atoms with Crippen molar-refractivity contribution in [3.8, 4) is 11.6 Å². The zero-order valence-corrected chi connectivity index (χ0v) is 12.1. The van der Waals surface area contributed by atoms with Crippen molar-refractivity contribution >= 4 is 5.82 Å². The number of aryl methyl sites for hydroxylation is 1. The lowest BCUT2D eigenvalue weighted by Gasteiger charge is -2.15. The third-order valence-corrected chi connectivity index (χ3v) is 3.03. The molecule has 3 N–H and O–H groups in total. The molecule has 0 spiro atoms. The van der Waals surface area contributed by atoms with Gasteiger partial charge < -0.3 is 10.2 Å². The highest BCUT2D eigenvalue weighted by Crippen LogP contribution is 2.32. The Kier molecular flexibility index (Phi) is 4.37. The molecule has 0 aliphatic heterocycles. The molecule has 112 valence electrons. The third kappa shape index (κ3) is 3.28. The highest BCUT2D eigenvalue weighted by molar-refractivity contribution is 5.43. The topological polar surface area (TPSA) is 60.2 Å². The fourth-order valence-corrected chi connectivity index (χ4v) is 1.93. The van der Waals surface area contributed by atoms with Crippen LogP contribution in [-0.4, -0.2) is 4.98 Å². The lowest BCUT2D eigenvalue weighted by Crippen LogP contribution is -2.11. The summed E-state index contributed by atoms with van der Waals surface area (Å²) in [6.07, 6.45) is 0. The van der Waals surface area contributed by atoms with E-state index in [1.165, 1.54) is 0 Å². The second-order valence-electron chi connectivity index (χ2n) is 5.05. The summed E-state index contributed by atoms with van der Waals surface area (Å²) in [7, 11) is 0. The standard InChI is InChI=1S/C15H17F2N3O/c1-8(2)10-5-4-9(3)6-13(10)21-15-12(17)7-11(16)14(19-15)20-18/h4-8H,18H2,1-3H3,(H,19,20). The second kappa shape index (κ2) is 6.05. The van der Waals surface area contributed by atoms with Crippen LogP contribution in [0.2, 0.25) is 0 Å². The van der Waals surface area contributed by atoms with Gasteiger partial charge in [0, 0.05) is 6.07 Å². The van der Waals surface area contributed by atoms with E-state index in [-0.39, 0.29) is 17.6 Å². The molecular weight excluding hydrogens is 276 g/mol. The first-order chi connectivity index (χ1) is 9.92. The number of rotatable bonds is 4. The number of hydrogen-bond acceptors (Lipinski definition) is 4. The van der Waals surface area contributed by atoms with E-state index < -0.39 is 11.6 Å². The monoisotopic (exact) mass is 293 g/mol. The number of nitrogens with zero attached hydrogens (tertiary/aromatic N) is 1. The van der Waals surface area contributed by atoms with Crippen LogP contribution >= 0.6 is 0 Å². The molecule has 0 atom stereocenters. The summed E-state index contributed by atoms with van der Waals surface area (Å²) in [5.41, 5.74) is 3.94. The molecule has 1 aromatic carbocycles. The molecule has 0 unspecified atom stereocenters. The number of hydrazine groups is 1. The van der Waals surface area contributed by atoms with Crippen LogP contribution in [0.5, 0.6) is 11.6 Å². The summed E-state index contributed by atoms with van der Waals surface area (Å²) >= 11 is 0. The van der Waals surface area contributed by atoms with E-state index in [4.69, 9.17) is 10.6 Å². The maximum absolute atomic E-state index is 13.8. The van der Waals surface area contributed by atoms with Crippen molar-refractivity contribution in [2.45, 2.75) is 26.7 Å². The lowest BCUT2D eigenvalue weighted by molar-refractivity contribution is 0.412. The van der Waals surface area contributed by atoms with Gasteiger partial charge in [0.25, 0.3) is 5.88 Å². The van der Waals surface area contributed by atoms with Crippen molar-refractivity contribution in [3.05, 3.63) is 47.0 Å². The van der Waals surface area contributed by atoms with Crippen molar-refractivity contribution in [1.29, 1.82) is 0 Å². The summed E-state index contributed by atoms with van der Waals surface area (Å²) in [6.45, 7) is 5.90. The molecule has 2 rings (SSSR count). The number of aromatic nitrogens is 1. The predicted molar refractivity (Wildman–Crippen MR) is 77.3 cm³/mol. The number of benzene rings is 1. The molecule has 6 heteroatoms. The van der Waals surface area contributed by atoms with Crippen molar-refractivity contribution in [2.75, 3.05) is 5.43 Å². The van der Waals surface area contributed by atoms with Gasteiger partial charge in [0.1, 0.15) is 5.75 Å².